The van der Waals surface area contributed by atoms with Crippen LogP contribution in [-0.4, -0.2) is 7.05 Å². The van der Waals surface area contributed by atoms with Gasteiger partial charge in [-0.2, -0.15) is 0 Å². The van der Waals surface area contributed by atoms with Gasteiger partial charge in [0.2, 0.25) is 0 Å². The molecule has 0 atom stereocenters. The van der Waals surface area contributed by atoms with E-state index >= 15 is 0 Å². The molecule has 0 aromatic rings. The third-order valence-electron chi connectivity index (χ3n) is 0.566. The summed E-state index contributed by atoms with van der Waals surface area (Å²) in [5, 5.41) is 3.20. The Morgan fingerprint density at radius 1 is 1.71 bits per heavy atom. The van der Waals surface area contributed by atoms with Gasteiger partial charge in [-0.3, -0.25) is 0 Å². The van der Waals surface area contributed by atoms with Crippen molar-refractivity contribution in [2.24, 2.45) is 5.73 Å². The summed E-state index contributed by atoms with van der Waals surface area (Å²) in [6.45, 7) is 1.73. The van der Waals surface area contributed by atoms with Crippen molar-refractivity contribution in [2.75, 3.05) is 7.05 Å². The zero-order chi connectivity index (χ0) is 5.86. The molecule has 0 saturated carbocycles. The summed E-state index contributed by atoms with van der Waals surface area (Å²) in [5.41, 5.74) is 5.85. The lowest BCUT2D eigenvalue weighted by Gasteiger charge is -1.95. The zero-order valence-electron chi connectivity index (χ0n) is 4.46. The molecule has 2 nitrogen and oxygen atoms in total. The Labute approximate surface area is 48.3 Å². The van der Waals surface area contributed by atoms with Gasteiger partial charge in [0, 0.05) is 12.7 Å². The van der Waals surface area contributed by atoms with Gasteiger partial charge in [0.1, 0.15) is 5.16 Å². The number of halogens is 1. The number of nitrogens with one attached hydrogen (secondary N) is 1. The Kier molecular flexibility index (Phi) is 2.60. The summed E-state index contributed by atoms with van der Waals surface area (Å²) in [5.74, 6) is 0. The van der Waals surface area contributed by atoms with Gasteiger partial charge in [-0.05, 0) is 6.92 Å². The molecule has 0 aromatic carbocycles. The lowest BCUT2D eigenvalue weighted by Crippen LogP contribution is -2.06. The summed E-state index contributed by atoms with van der Waals surface area (Å²) in [7, 11) is 1.72. The van der Waals surface area contributed by atoms with E-state index in [1.807, 2.05) is 0 Å². The molecule has 0 aliphatic heterocycles. The molecule has 42 valence electrons. The predicted octanol–water partition coefficient (Wildman–Crippen LogP) is 0.592. The van der Waals surface area contributed by atoms with Crippen molar-refractivity contribution in [2.45, 2.75) is 6.92 Å². The molecule has 0 aromatic heterocycles. The van der Waals surface area contributed by atoms with Gasteiger partial charge in [-0.15, -0.1) is 0 Å². The molecule has 0 unspecified atom stereocenters. The van der Waals surface area contributed by atoms with Gasteiger partial charge in [-0.1, -0.05) is 11.6 Å². The van der Waals surface area contributed by atoms with Crippen LogP contribution < -0.4 is 11.1 Å². The van der Waals surface area contributed by atoms with Crippen LogP contribution in [0.2, 0.25) is 0 Å². The van der Waals surface area contributed by atoms with Crippen LogP contribution in [0, 0.1) is 0 Å². The maximum atomic E-state index is 5.44. The number of nitrogens with two attached hydrogens (primary N) is 1. The fourth-order valence-corrected chi connectivity index (χ4v) is 0.197. The highest BCUT2D eigenvalue weighted by Gasteiger charge is 1.85. The molecule has 0 amide bonds. The highest BCUT2D eigenvalue weighted by molar-refractivity contribution is 6.29. The molecule has 0 aliphatic carbocycles. The Hall–Kier alpha value is -0.370. The number of hydrogen-bond donors (Lipinski definition) is 2. The lowest BCUT2D eigenvalue weighted by molar-refractivity contribution is 1.03. The first-order valence-electron chi connectivity index (χ1n) is 1.98. The molecule has 0 aliphatic rings. The first-order valence-corrected chi connectivity index (χ1v) is 2.36. The average Bonchev–Trinajstić information content (AvgIpc) is 1.65. The third kappa shape index (κ3) is 2.34. The molecule has 0 fully saturated rings. The van der Waals surface area contributed by atoms with Crippen molar-refractivity contribution in [3.05, 3.63) is 10.9 Å². The summed E-state index contributed by atoms with van der Waals surface area (Å²) in [4.78, 5) is 0. The fourth-order valence-electron chi connectivity index (χ4n) is 0.197. The predicted molar refractivity (Wildman–Crippen MR) is 31.8 cm³/mol. The molecule has 0 spiro atoms. The molecule has 3 N–H and O–H groups in total. The zero-order valence-corrected chi connectivity index (χ0v) is 5.21. The second-order valence-corrected chi connectivity index (χ2v) is 1.62. The molecule has 0 radical (unpaired) electrons. The number of allylic oxidation sites excluding steroid dienone is 1. The highest BCUT2D eigenvalue weighted by atomic mass is 35.5. The average molecular weight is 121 g/mol. The topological polar surface area (TPSA) is 38.0 Å². The van der Waals surface area contributed by atoms with Crippen molar-refractivity contribution in [3.63, 3.8) is 0 Å². The van der Waals surface area contributed by atoms with Crippen LogP contribution in [0.4, 0.5) is 0 Å². The second-order valence-electron chi connectivity index (χ2n) is 1.25. The Morgan fingerprint density at radius 2 is 2.14 bits per heavy atom. The van der Waals surface area contributed by atoms with Gasteiger partial charge in [0.15, 0.2) is 0 Å². The van der Waals surface area contributed by atoms with E-state index in [0.29, 0.717) is 10.9 Å². The van der Waals surface area contributed by atoms with E-state index < -0.39 is 0 Å². The monoisotopic (exact) mass is 120 g/mol. The van der Waals surface area contributed by atoms with Crippen LogP contribution in [0.15, 0.2) is 10.9 Å². The third-order valence-corrected chi connectivity index (χ3v) is 1.05. The van der Waals surface area contributed by atoms with Crippen molar-refractivity contribution in [3.8, 4) is 0 Å². The SMILES string of the molecule is CN/C(Cl)=C(/C)N. The molecular weight excluding hydrogens is 112 g/mol. The van der Waals surface area contributed by atoms with Crippen LogP contribution in [0.1, 0.15) is 6.92 Å². The molecule has 0 rings (SSSR count). The quantitative estimate of drug-likeness (QED) is 0.497. The van der Waals surface area contributed by atoms with E-state index in [2.05, 4.69) is 5.32 Å². The Balaban J connectivity index is 3.72. The summed E-state index contributed by atoms with van der Waals surface area (Å²) < 4.78 is 0. The first-order chi connectivity index (χ1) is 3.18. The minimum absolute atomic E-state index is 0.514. The fraction of sp³-hybridized carbons (Fsp3) is 0.500. The van der Waals surface area contributed by atoms with Crippen molar-refractivity contribution >= 4 is 11.6 Å². The van der Waals surface area contributed by atoms with E-state index in [0.717, 1.165) is 0 Å². The molecular formula is C4H9ClN2. The summed E-state index contributed by atoms with van der Waals surface area (Å²) >= 11 is 5.44. The van der Waals surface area contributed by atoms with Gasteiger partial charge in [0.25, 0.3) is 0 Å². The standard InChI is InChI=1S/C4H9ClN2/c1-3(6)4(5)7-2/h7H,6H2,1-2H3/b4-3-. The van der Waals surface area contributed by atoms with E-state index in [-0.39, 0.29) is 0 Å². The van der Waals surface area contributed by atoms with Gasteiger partial charge in [-0.25, -0.2) is 0 Å². The maximum absolute atomic E-state index is 5.44. The van der Waals surface area contributed by atoms with Crippen molar-refractivity contribution in [1.29, 1.82) is 0 Å². The van der Waals surface area contributed by atoms with E-state index in [1.165, 1.54) is 0 Å². The molecule has 0 heterocycles. The largest absolute Gasteiger partial charge is 0.400 e. The maximum Gasteiger partial charge on any atom is 0.120 e. The summed E-state index contributed by atoms with van der Waals surface area (Å²) in [6.07, 6.45) is 0. The van der Waals surface area contributed by atoms with E-state index in [9.17, 15) is 0 Å². The van der Waals surface area contributed by atoms with Gasteiger partial charge >= 0.3 is 0 Å². The summed E-state index contributed by atoms with van der Waals surface area (Å²) in [6, 6.07) is 0. The van der Waals surface area contributed by atoms with Crippen LogP contribution in [-0.2, 0) is 0 Å². The van der Waals surface area contributed by atoms with E-state index in [4.69, 9.17) is 17.3 Å². The van der Waals surface area contributed by atoms with Crippen LogP contribution in [0.25, 0.3) is 0 Å². The van der Waals surface area contributed by atoms with Gasteiger partial charge in [0.05, 0.1) is 0 Å². The molecule has 0 saturated heterocycles. The Morgan fingerprint density at radius 3 is 2.14 bits per heavy atom. The highest BCUT2D eigenvalue weighted by Crippen LogP contribution is 1.96. The van der Waals surface area contributed by atoms with Crippen LogP contribution in [0.5, 0.6) is 0 Å². The smallest absolute Gasteiger partial charge is 0.120 e. The minimum atomic E-state index is 0.514. The normalized spacial score (nSPS) is 13.0. The molecule has 3 heteroatoms. The molecule has 7 heavy (non-hydrogen) atoms. The molecule has 0 bridgehead atoms. The van der Waals surface area contributed by atoms with E-state index in [1.54, 1.807) is 14.0 Å². The number of hydrogen-bond acceptors (Lipinski definition) is 2. The van der Waals surface area contributed by atoms with Gasteiger partial charge < -0.3 is 11.1 Å². The van der Waals surface area contributed by atoms with Crippen LogP contribution >= 0.6 is 11.6 Å². The van der Waals surface area contributed by atoms with Crippen LogP contribution in [0.3, 0.4) is 0 Å². The second kappa shape index (κ2) is 2.75. The first kappa shape index (κ1) is 6.63. The number of rotatable bonds is 1. The minimum Gasteiger partial charge on any atom is -0.400 e. The Bertz CT molecular complexity index is 83.7. The lowest BCUT2D eigenvalue weighted by atomic mass is 10.6. The van der Waals surface area contributed by atoms with Crippen molar-refractivity contribution in [1.82, 2.24) is 5.32 Å². The van der Waals surface area contributed by atoms with Crippen molar-refractivity contribution < 1.29 is 0 Å².